The molecular weight excluding hydrogens is 465 g/mol. The van der Waals surface area contributed by atoms with Gasteiger partial charge in [0.1, 0.15) is 5.75 Å². The molecular formula is C24H29N7O3P. The van der Waals surface area contributed by atoms with E-state index in [9.17, 15) is 14.6 Å². The molecule has 2 aromatic heterocycles. The molecule has 0 fully saturated rings. The maximum absolute atomic E-state index is 11.8. The zero-order valence-corrected chi connectivity index (χ0v) is 20.6. The van der Waals surface area contributed by atoms with Crippen LogP contribution in [0.2, 0.25) is 0 Å². The molecule has 11 heteroatoms. The third-order valence-corrected chi connectivity index (χ3v) is 6.50. The summed E-state index contributed by atoms with van der Waals surface area (Å²) in [6, 6.07) is 13.7. The van der Waals surface area contributed by atoms with Gasteiger partial charge in [0.25, 0.3) is 0 Å². The first kappa shape index (κ1) is 24.7. The number of benzene rings is 2. The Kier molecular flexibility index (Phi) is 7.35. The molecule has 0 aliphatic rings. The molecule has 35 heavy (non-hydrogen) atoms. The normalized spacial score (nSPS) is 13.2. The van der Waals surface area contributed by atoms with Crippen LogP contribution in [0.3, 0.4) is 0 Å². The molecule has 1 atom stereocenters. The largest absolute Gasteiger partial charge is 0.508 e. The molecule has 0 amide bonds. The molecule has 183 valence electrons. The van der Waals surface area contributed by atoms with Crippen LogP contribution in [0.4, 0.5) is 17.5 Å². The minimum absolute atomic E-state index is 0.238. The maximum atomic E-state index is 11.8. The summed E-state index contributed by atoms with van der Waals surface area (Å²) in [5.74, 6) is 1.23. The summed E-state index contributed by atoms with van der Waals surface area (Å²) in [6.07, 6.45) is 2.43. The van der Waals surface area contributed by atoms with Gasteiger partial charge in [0.15, 0.2) is 17.0 Å². The van der Waals surface area contributed by atoms with Crippen molar-refractivity contribution in [2.24, 2.45) is 0 Å². The van der Waals surface area contributed by atoms with Crippen LogP contribution in [0.15, 0.2) is 54.9 Å². The van der Waals surface area contributed by atoms with Gasteiger partial charge in [0.2, 0.25) is 13.3 Å². The number of aromatic nitrogens is 4. The minimum Gasteiger partial charge on any atom is -0.508 e. The van der Waals surface area contributed by atoms with Crippen LogP contribution in [0.1, 0.15) is 5.56 Å². The smallest absolute Gasteiger partial charge is 0.230 e. The molecule has 1 radical (unpaired) electrons. The fraction of sp³-hybridized carbons (Fsp3) is 0.250. The Bertz CT molecular complexity index is 1350. The molecule has 1 unspecified atom stereocenters. The highest BCUT2D eigenvalue weighted by atomic mass is 31.2. The predicted molar refractivity (Wildman–Crippen MR) is 139 cm³/mol. The number of hydrogen-bond acceptors (Lipinski definition) is 8. The summed E-state index contributed by atoms with van der Waals surface area (Å²) >= 11 is 0. The predicted octanol–water partition coefficient (Wildman–Crippen LogP) is 3.18. The fourth-order valence-corrected chi connectivity index (χ4v) is 4.16. The van der Waals surface area contributed by atoms with Crippen molar-refractivity contribution in [1.29, 1.82) is 0 Å². The molecule has 0 spiro atoms. The summed E-state index contributed by atoms with van der Waals surface area (Å²) in [4.78, 5) is 25.6. The number of likely N-dealkylation sites (N-methyl/N-ethyl adjacent to an activating group) is 1. The van der Waals surface area contributed by atoms with E-state index in [4.69, 9.17) is 4.98 Å². The number of nitrogens with zero attached hydrogens (tertiary/aromatic N) is 5. The molecule has 4 aromatic rings. The van der Waals surface area contributed by atoms with Gasteiger partial charge in [-0.1, -0.05) is 12.1 Å². The lowest BCUT2D eigenvalue weighted by molar-refractivity contribution is 0.425. The number of anilines is 3. The van der Waals surface area contributed by atoms with Crippen LogP contribution in [-0.4, -0.2) is 61.6 Å². The molecule has 4 N–H and O–H groups in total. The quantitative estimate of drug-likeness (QED) is 0.246. The Morgan fingerprint density at radius 1 is 1.14 bits per heavy atom. The first-order valence-corrected chi connectivity index (χ1v) is 13.0. The molecule has 0 saturated heterocycles. The summed E-state index contributed by atoms with van der Waals surface area (Å²) in [7, 11) is 0.422. The van der Waals surface area contributed by atoms with Crippen LogP contribution in [0.5, 0.6) is 5.75 Å². The highest BCUT2D eigenvalue weighted by Gasteiger charge is 2.16. The van der Waals surface area contributed by atoms with Crippen LogP contribution in [-0.2, 0) is 17.5 Å². The minimum atomic E-state index is -3.57. The SMILES string of the molecule is [CH2]P(=O)(O)c1ccc(Nc2nc(NCCN(C)C)nc3c2ncn3CCc2cccc(O)c2)cc1. The number of nitrogens with one attached hydrogen (secondary N) is 2. The number of aryl methyl sites for hydroxylation is 2. The van der Waals surface area contributed by atoms with E-state index >= 15 is 0 Å². The Balaban J connectivity index is 1.63. The number of hydrogen-bond donors (Lipinski definition) is 4. The molecule has 4 rings (SSSR count). The monoisotopic (exact) mass is 494 g/mol. The number of imidazole rings is 1. The second-order valence-corrected chi connectivity index (χ2v) is 10.4. The average Bonchev–Trinajstić information content (AvgIpc) is 3.20. The van der Waals surface area contributed by atoms with Gasteiger partial charge in [-0.25, -0.2) is 4.98 Å². The van der Waals surface area contributed by atoms with Crippen molar-refractivity contribution in [2.75, 3.05) is 37.8 Å². The molecule has 2 aromatic carbocycles. The number of phenolic OH excluding ortho intramolecular Hbond substituents is 1. The molecule has 0 aliphatic carbocycles. The van der Waals surface area contributed by atoms with E-state index in [-0.39, 0.29) is 11.1 Å². The van der Waals surface area contributed by atoms with Crippen LogP contribution in [0, 0.1) is 6.66 Å². The molecule has 0 bridgehead atoms. The zero-order valence-electron chi connectivity index (χ0n) is 19.7. The molecule has 10 nitrogen and oxygen atoms in total. The Morgan fingerprint density at radius 3 is 2.60 bits per heavy atom. The number of aromatic hydroxyl groups is 1. The third kappa shape index (κ3) is 6.36. The zero-order chi connectivity index (χ0) is 25.0. The third-order valence-electron chi connectivity index (χ3n) is 5.39. The van der Waals surface area contributed by atoms with Gasteiger partial charge < -0.3 is 30.1 Å². The summed E-state index contributed by atoms with van der Waals surface area (Å²) in [5.41, 5.74) is 2.98. The van der Waals surface area contributed by atoms with Crippen molar-refractivity contribution in [3.05, 3.63) is 67.1 Å². The second kappa shape index (κ2) is 10.4. The van der Waals surface area contributed by atoms with E-state index in [2.05, 4.69) is 32.2 Å². The lowest BCUT2D eigenvalue weighted by Crippen LogP contribution is -2.21. The van der Waals surface area contributed by atoms with E-state index in [1.54, 1.807) is 42.7 Å². The Morgan fingerprint density at radius 2 is 1.91 bits per heavy atom. The lowest BCUT2D eigenvalue weighted by atomic mass is 10.1. The number of fused-ring (bicyclic) bond motifs is 1. The van der Waals surface area contributed by atoms with Gasteiger partial charge in [0, 0.05) is 37.3 Å². The summed E-state index contributed by atoms with van der Waals surface area (Å²) < 4.78 is 13.8. The van der Waals surface area contributed by atoms with Gasteiger partial charge in [-0.3, -0.25) is 4.57 Å². The summed E-state index contributed by atoms with van der Waals surface area (Å²) in [6.45, 7) is 5.43. The Labute approximate surface area is 204 Å². The van der Waals surface area contributed by atoms with Crippen molar-refractivity contribution in [2.45, 2.75) is 13.0 Å². The standard InChI is InChI=1S/C24H29N7O3P/c1-30(2)14-12-25-24-28-22(27-18-7-9-20(10-8-18)35(3,33)34)21-23(29-24)31(16-26-21)13-11-17-5-4-6-19(32)15-17/h4-10,15-16,32H,3,11-14H2,1-2H3,(H,33,34)(H2,25,27,28,29). The van der Waals surface area contributed by atoms with Crippen molar-refractivity contribution in [3.8, 4) is 5.75 Å². The van der Waals surface area contributed by atoms with Crippen LogP contribution >= 0.6 is 7.37 Å². The van der Waals surface area contributed by atoms with Crippen molar-refractivity contribution >= 4 is 41.3 Å². The van der Waals surface area contributed by atoms with E-state index in [0.717, 1.165) is 12.1 Å². The van der Waals surface area contributed by atoms with Crippen LogP contribution in [0.25, 0.3) is 11.2 Å². The highest BCUT2D eigenvalue weighted by Crippen LogP contribution is 2.36. The Hall–Kier alpha value is -3.46. The average molecular weight is 495 g/mol. The van der Waals surface area contributed by atoms with Crippen molar-refractivity contribution < 1.29 is 14.6 Å². The summed E-state index contributed by atoms with van der Waals surface area (Å²) in [5, 5.41) is 16.5. The van der Waals surface area contributed by atoms with E-state index in [1.165, 1.54) is 0 Å². The van der Waals surface area contributed by atoms with Gasteiger partial charge in [-0.15, -0.1) is 0 Å². The molecule has 0 aliphatic heterocycles. The first-order chi connectivity index (χ1) is 16.7. The van der Waals surface area contributed by atoms with E-state index < -0.39 is 7.37 Å². The van der Waals surface area contributed by atoms with Crippen molar-refractivity contribution in [1.82, 2.24) is 24.4 Å². The lowest BCUT2D eigenvalue weighted by Gasteiger charge is -2.13. The topological polar surface area (TPSA) is 128 Å². The second-order valence-electron chi connectivity index (χ2n) is 8.53. The maximum Gasteiger partial charge on any atom is 0.230 e. The fourth-order valence-electron chi connectivity index (χ4n) is 3.54. The number of phenols is 1. The van der Waals surface area contributed by atoms with Gasteiger partial charge in [-0.05, 0) is 62.5 Å². The van der Waals surface area contributed by atoms with Gasteiger partial charge in [-0.2, -0.15) is 9.97 Å². The van der Waals surface area contributed by atoms with E-state index in [0.29, 0.717) is 48.1 Å². The van der Waals surface area contributed by atoms with Gasteiger partial charge >= 0.3 is 0 Å². The first-order valence-electron chi connectivity index (χ1n) is 11.1. The molecule has 2 heterocycles. The number of rotatable bonds is 10. The molecule has 0 saturated carbocycles. The van der Waals surface area contributed by atoms with Crippen molar-refractivity contribution in [3.63, 3.8) is 0 Å². The van der Waals surface area contributed by atoms with E-state index in [1.807, 2.05) is 30.8 Å². The van der Waals surface area contributed by atoms with Crippen LogP contribution < -0.4 is 15.9 Å². The van der Waals surface area contributed by atoms with Gasteiger partial charge in [0.05, 0.1) is 6.33 Å². The highest BCUT2D eigenvalue weighted by molar-refractivity contribution is 7.67.